The lowest BCUT2D eigenvalue weighted by atomic mass is 10.6. The van der Waals surface area contributed by atoms with Gasteiger partial charge >= 0.3 is 0 Å². The maximum Gasteiger partial charge on any atom is 0.233 e. The maximum absolute atomic E-state index is 11.0. The van der Waals surface area contributed by atoms with Crippen molar-refractivity contribution >= 4 is 15.9 Å². The molecule has 0 aromatic heterocycles. The predicted octanol–water partition coefficient (Wildman–Crippen LogP) is -2.00. The third kappa shape index (κ3) is 6.50. The van der Waals surface area contributed by atoms with Gasteiger partial charge in [-0.05, 0) is 0 Å². The minimum atomic E-state index is -3.24. The maximum atomic E-state index is 11.0. The third-order valence-corrected chi connectivity index (χ3v) is 2.71. The molecule has 7 heteroatoms. The van der Waals surface area contributed by atoms with Gasteiger partial charge in [-0.15, -0.1) is 0 Å². The Morgan fingerprint density at radius 1 is 1.46 bits per heavy atom. The largest absolute Gasteiger partial charge is 0.354 e. The van der Waals surface area contributed by atoms with Crippen LogP contribution in [0.4, 0.5) is 0 Å². The Bertz CT molecular complexity index is 250. The van der Waals surface area contributed by atoms with Gasteiger partial charge in [-0.1, -0.05) is 6.92 Å². The molecule has 0 atom stereocenters. The van der Waals surface area contributed by atoms with Crippen LogP contribution >= 0.6 is 0 Å². The van der Waals surface area contributed by atoms with Crippen molar-refractivity contribution < 1.29 is 13.2 Å². The van der Waals surface area contributed by atoms with Gasteiger partial charge in [0.2, 0.25) is 15.9 Å². The highest BCUT2D eigenvalue weighted by molar-refractivity contribution is 7.89. The van der Waals surface area contributed by atoms with E-state index in [1.54, 1.807) is 6.92 Å². The van der Waals surface area contributed by atoms with Crippen LogP contribution < -0.4 is 15.8 Å². The van der Waals surface area contributed by atoms with Crippen LogP contribution in [0.2, 0.25) is 0 Å². The Morgan fingerprint density at radius 2 is 2.08 bits per heavy atom. The summed E-state index contributed by atoms with van der Waals surface area (Å²) in [6.45, 7) is 2.01. The molecule has 4 N–H and O–H groups in total. The van der Waals surface area contributed by atoms with Gasteiger partial charge in [-0.25, -0.2) is 13.1 Å². The molecule has 1 amide bonds. The van der Waals surface area contributed by atoms with Crippen molar-refractivity contribution in [3.05, 3.63) is 0 Å². The van der Waals surface area contributed by atoms with E-state index in [-0.39, 0.29) is 24.7 Å². The van der Waals surface area contributed by atoms with Crippen LogP contribution in [0, 0.1) is 0 Å². The molecule has 0 saturated carbocycles. The molecule has 0 aliphatic carbocycles. The van der Waals surface area contributed by atoms with E-state index >= 15 is 0 Å². The summed E-state index contributed by atoms with van der Waals surface area (Å²) in [5, 5.41) is 2.36. The van der Waals surface area contributed by atoms with Crippen LogP contribution in [0.1, 0.15) is 6.92 Å². The number of carbonyl (C=O) groups excluding carboxylic acids is 1. The Labute approximate surface area is 77.9 Å². The monoisotopic (exact) mass is 209 g/mol. The van der Waals surface area contributed by atoms with Gasteiger partial charge in [-0.3, -0.25) is 4.79 Å². The van der Waals surface area contributed by atoms with Crippen molar-refractivity contribution in [1.29, 1.82) is 0 Å². The molecule has 0 bridgehead atoms. The van der Waals surface area contributed by atoms with Gasteiger partial charge in [0.15, 0.2) is 0 Å². The number of nitrogens with one attached hydrogen (secondary N) is 2. The summed E-state index contributed by atoms with van der Waals surface area (Å²) in [5.74, 6) is -0.473. The van der Waals surface area contributed by atoms with Crippen molar-refractivity contribution in [3.8, 4) is 0 Å². The summed E-state index contributed by atoms with van der Waals surface area (Å²) in [7, 11) is -3.24. The fourth-order valence-electron chi connectivity index (χ4n) is 0.689. The zero-order valence-electron chi connectivity index (χ0n) is 7.54. The van der Waals surface area contributed by atoms with Crippen LogP contribution in [0.15, 0.2) is 0 Å². The van der Waals surface area contributed by atoms with Gasteiger partial charge < -0.3 is 11.1 Å². The number of rotatable bonds is 6. The van der Waals surface area contributed by atoms with Crippen LogP contribution in [0.3, 0.4) is 0 Å². The van der Waals surface area contributed by atoms with Crippen LogP contribution in [0.25, 0.3) is 0 Å². The van der Waals surface area contributed by atoms with E-state index in [1.165, 1.54) is 0 Å². The molecule has 0 aromatic carbocycles. The average molecular weight is 209 g/mol. The van der Waals surface area contributed by atoms with Crippen molar-refractivity contribution in [2.75, 3.05) is 25.4 Å². The smallest absolute Gasteiger partial charge is 0.233 e. The number of carbonyl (C=O) groups is 1. The first kappa shape index (κ1) is 12.3. The molecule has 0 aromatic rings. The Hall–Kier alpha value is -0.660. The molecule has 0 unspecified atom stereocenters. The minimum Gasteiger partial charge on any atom is -0.354 e. The first-order valence-electron chi connectivity index (χ1n) is 3.96. The highest BCUT2D eigenvalue weighted by Gasteiger charge is 2.07. The van der Waals surface area contributed by atoms with Gasteiger partial charge in [0.1, 0.15) is 0 Å². The quantitative estimate of drug-likeness (QED) is 0.471. The topological polar surface area (TPSA) is 101 Å². The van der Waals surface area contributed by atoms with E-state index in [1.807, 2.05) is 0 Å². The first-order chi connectivity index (χ1) is 6.02. The second-order valence-corrected chi connectivity index (χ2v) is 4.30. The second kappa shape index (κ2) is 5.90. The summed E-state index contributed by atoms with van der Waals surface area (Å²) in [5.41, 5.74) is 5.00. The Kier molecular flexibility index (Phi) is 5.60. The molecule has 0 radical (unpaired) electrons. The average Bonchev–Trinajstić information content (AvgIpc) is 2.03. The SMILES string of the molecule is CCNS(=O)(=O)CCNC(=O)CN. The third-order valence-electron chi connectivity index (χ3n) is 1.24. The molecule has 0 rings (SSSR count). The Balaban J connectivity index is 3.70. The normalized spacial score (nSPS) is 11.2. The molecular weight excluding hydrogens is 194 g/mol. The number of sulfonamides is 1. The van der Waals surface area contributed by atoms with Crippen molar-refractivity contribution in [3.63, 3.8) is 0 Å². The highest BCUT2D eigenvalue weighted by Crippen LogP contribution is 1.80. The second-order valence-electron chi connectivity index (χ2n) is 2.37. The molecule has 0 aliphatic heterocycles. The lowest BCUT2D eigenvalue weighted by Gasteiger charge is -2.04. The predicted molar refractivity (Wildman–Crippen MR) is 49.5 cm³/mol. The lowest BCUT2D eigenvalue weighted by Crippen LogP contribution is -2.36. The van der Waals surface area contributed by atoms with Gasteiger partial charge in [-0.2, -0.15) is 0 Å². The van der Waals surface area contributed by atoms with Crippen molar-refractivity contribution in [2.45, 2.75) is 6.92 Å². The van der Waals surface area contributed by atoms with E-state index < -0.39 is 10.0 Å². The number of amides is 1. The van der Waals surface area contributed by atoms with Gasteiger partial charge in [0, 0.05) is 13.1 Å². The molecule has 78 valence electrons. The van der Waals surface area contributed by atoms with E-state index in [0.29, 0.717) is 6.54 Å². The molecule has 13 heavy (non-hydrogen) atoms. The number of nitrogens with two attached hydrogens (primary N) is 1. The minimum absolute atomic E-state index is 0.0887. The summed E-state index contributed by atoms with van der Waals surface area (Å²) in [6, 6.07) is 0. The van der Waals surface area contributed by atoms with Crippen LogP contribution in [-0.4, -0.2) is 39.7 Å². The zero-order chi connectivity index (χ0) is 10.3. The first-order valence-corrected chi connectivity index (χ1v) is 5.61. The molecule has 0 spiro atoms. The van der Waals surface area contributed by atoms with E-state index in [0.717, 1.165) is 0 Å². The number of hydrogen-bond donors (Lipinski definition) is 3. The van der Waals surface area contributed by atoms with Gasteiger partial charge in [0.25, 0.3) is 0 Å². The standard InChI is InChI=1S/C6H15N3O3S/c1-2-9-13(11,12)4-3-8-6(10)5-7/h9H,2-5,7H2,1H3,(H,8,10). The highest BCUT2D eigenvalue weighted by atomic mass is 32.2. The van der Waals surface area contributed by atoms with E-state index in [4.69, 9.17) is 5.73 Å². The summed E-state index contributed by atoms with van der Waals surface area (Å²) < 4.78 is 24.3. The van der Waals surface area contributed by atoms with Crippen LogP contribution in [-0.2, 0) is 14.8 Å². The van der Waals surface area contributed by atoms with E-state index in [2.05, 4.69) is 10.0 Å². The van der Waals surface area contributed by atoms with Crippen LogP contribution in [0.5, 0.6) is 0 Å². The fourth-order valence-corrected chi connectivity index (χ4v) is 1.64. The summed E-state index contributed by atoms with van der Waals surface area (Å²) in [4.78, 5) is 10.6. The van der Waals surface area contributed by atoms with Gasteiger partial charge in [0.05, 0.1) is 12.3 Å². The Morgan fingerprint density at radius 3 is 2.54 bits per heavy atom. The molecule has 0 saturated heterocycles. The number of hydrogen-bond acceptors (Lipinski definition) is 4. The van der Waals surface area contributed by atoms with Crippen molar-refractivity contribution in [1.82, 2.24) is 10.0 Å². The zero-order valence-corrected chi connectivity index (χ0v) is 8.36. The fraction of sp³-hybridized carbons (Fsp3) is 0.833. The molecule has 6 nitrogen and oxygen atoms in total. The summed E-state index contributed by atoms with van der Waals surface area (Å²) >= 11 is 0. The molecule has 0 fully saturated rings. The van der Waals surface area contributed by atoms with E-state index in [9.17, 15) is 13.2 Å². The molecule has 0 aliphatic rings. The molecular formula is C6H15N3O3S. The summed E-state index contributed by atoms with van der Waals surface area (Å²) in [6.07, 6.45) is 0. The van der Waals surface area contributed by atoms with Crippen molar-refractivity contribution in [2.24, 2.45) is 5.73 Å². The lowest BCUT2D eigenvalue weighted by molar-refractivity contribution is -0.119. The molecule has 0 heterocycles.